The van der Waals surface area contributed by atoms with Gasteiger partial charge in [-0.05, 0) is 43.2 Å². The normalized spacial score (nSPS) is 19.9. The Balaban J connectivity index is 1.40. The average Bonchev–Trinajstić information content (AvgIpc) is 3.08. The topological polar surface area (TPSA) is 46.4 Å². The fourth-order valence-corrected chi connectivity index (χ4v) is 4.92. The molecule has 4 rings (SSSR count). The van der Waals surface area contributed by atoms with Crippen molar-refractivity contribution in [1.29, 1.82) is 0 Å². The number of amides is 1. The molecule has 1 aromatic heterocycles. The molecule has 140 valence electrons. The van der Waals surface area contributed by atoms with Gasteiger partial charge < -0.3 is 10.2 Å². The number of rotatable bonds is 4. The zero-order valence-corrected chi connectivity index (χ0v) is 16.2. The number of benzene rings is 2. The minimum absolute atomic E-state index is 0.108. The lowest BCUT2D eigenvalue weighted by Crippen LogP contribution is -3.14. The molecule has 1 unspecified atom stereocenters. The van der Waals surface area contributed by atoms with E-state index in [1.165, 1.54) is 27.8 Å². The Hall–Kier alpha value is -2.02. The number of carbonyl (C=O) groups is 1. The minimum atomic E-state index is -0.418. The smallest absolute Gasteiger partial charge is 0.279 e. The summed E-state index contributed by atoms with van der Waals surface area (Å²) < 4.78 is 14.3. The van der Waals surface area contributed by atoms with Gasteiger partial charge >= 0.3 is 0 Å². The van der Waals surface area contributed by atoms with E-state index in [-0.39, 0.29) is 10.9 Å². The van der Waals surface area contributed by atoms with E-state index in [1.807, 2.05) is 18.2 Å². The monoisotopic (exact) mass is 404 g/mol. The van der Waals surface area contributed by atoms with Crippen LogP contribution in [0.3, 0.4) is 0 Å². The number of nitrogens with one attached hydrogen (secondary N) is 2. The second kappa shape index (κ2) is 7.92. The molecule has 2 N–H and O–H groups in total. The maximum atomic E-state index is 13.1. The third kappa shape index (κ3) is 4.29. The Kier molecular flexibility index (Phi) is 5.38. The summed E-state index contributed by atoms with van der Waals surface area (Å²) in [5.74, 6) is -0.143. The second-order valence-corrected chi connectivity index (χ2v) is 8.38. The zero-order chi connectivity index (χ0) is 18.8. The molecule has 0 aliphatic carbocycles. The molecule has 1 fully saturated rings. The van der Waals surface area contributed by atoms with E-state index in [0.717, 1.165) is 36.5 Å². The average molecular weight is 405 g/mol. The third-order valence-corrected chi connectivity index (χ3v) is 6.41. The molecule has 0 spiro atoms. The summed E-state index contributed by atoms with van der Waals surface area (Å²) in [4.78, 5) is 18.4. The molecule has 0 saturated carbocycles. The zero-order valence-electron chi connectivity index (χ0n) is 14.7. The van der Waals surface area contributed by atoms with Gasteiger partial charge in [0.2, 0.25) is 0 Å². The van der Waals surface area contributed by atoms with Gasteiger partial charge in [0.1, 0.15) is 10.8 Å². The lowest BCUT2D eigenvalue weighted by molar-refractivity contribution is -0.898. The second-order valence-electron chi connectivity index (χ2n) is 6.91. The number of nitrogens with zero attached hydrogens (tertiary/aromatic N) is 1. The first kappa shape index (κ1) is 18.3. The van der Waals surface area contributed by atoms with Crippen molar-refractivity contribution >= 4 is 44.7 Å². The number of piperidine rings is 1. The maximum Gasteiger partial charge on any atom is 0.279 e. The fraction of sp³-hybridized carbons (Fsp3) is 0.300. The number of carbonyl (C=O) groups excluding carboxylic acids is 1. The number of fused-ring (bicyclic) bond motifs is 1. The van der Waals surface area contributed by atoms with E-state index in [2.05, 4.69) is 11.4 Å². The van der Waals surface area contributed by atoms with E-state index in [1.54, 1.807) is 11.3 Å². The highest BCUT2D eigenvalue weighted by atomic mass is 35.5. The SMILES string of the molecule is O=C(C[NH+]1CCC[C@@H](c2nc3ccccc3s2)C1)Nc1ccc(F)cc1Cl. The van der Waals surface area contributed by atoms with Gasteiger partial charge in [0.05, 0.1) is 39.9 Å². The molecule has 2 heterocycles. The summed E-state index contributed by atoms with van der Waals surface area (Å²) in [6, 6.07) is 12.2. The number of para-hydroxylation sites is 1. The van der Waals surface area contributed by atoms with Gasteiger partial charge in [-0.2, -0.15) is 0 Å². The highest BCUT2D eigenvalue weighted by Crippen LogP contribution is 2.30. The lowest BCUT2D eigenvalue weighted by atomic mass is 9.99. The first-order chi connectivity index (χ1) is 13.1. The van der Waals surface area contributed by atoms with Gasteiger partial charge in [0.25, 0.3) is 5.91 Å². The standard InChI is InChI=1S/C20H19ClFN3OS/c21-15-10-14(22)7-8-16(15)23-19(26)12-25-9-3-4-13(11-25)20-24-17-5-1-2-6-18(17)27-20/h1-2,5-8,10,13H,3-4,9,11-12H2,(H,23,26)/p+1/t13-/m1/s1. The van der Waals surface area contributed by atoms with Gasteiger partial charge in [0.15, 0.2) is 6.54 Å². The van der Waals surface area contributed by atoms with Crippen LogP contribution < -0.4 is 10.2 Å². The maximum absolute atomic E-state index is 13.1. The third-order valence-electron chi connectivity index (χ3n) is 4.89. The van der Waals surface area contributed by atoms with Crippen LogP contribution in [0, 0.1) is 5.82 Å². The molecule has 4 nitrogen and oxygen atoms in total. The number of quaternary nitrogens is 1. The molecule has 1 amide bonds. The van der Waals surface area contributed by atoms with E-state index in [4.69, 9.17) is 16.6 Å². The molecule has 3 aromatic rings. The molecule has 7 heteroatoms. The first-order valence-corrected chi connectivity index (χ1v) is 10.2. The summed E-state index contributed by atoms with van der Waals surface area (Å²) in [5, 5.41) is 4.16. The molecule has 2 atom stereocenters. The molecular formula is C20H20ClFN3OS+. The van der Waals surface area contributed by atoms with Crippen LogP contribution in [-0.4, -0.2) is 30.5 Å². The summed E-state index contributed by atoms with van der Waals surface area (Å²) >= 11 is 7.74. The number of hydrogen-bond acceptors (Lipinski definition) is 3. The van der Waals surface area contributed by atoms with Crippen molar-refractivity contribution in [3.05, 3.63) is 58.3 Å². The molecule has 1 aliphatic rings. The van der Waals surface area contributed by atoms with Gasteiger partial charge in [-0.3, -0.25) is 4.79 Å². The Morgan fingerprint density at radius 2 is 2.19 bits per heavy atom. The van der Waals surface area contributed by atoms with Crippen LogP contribution in [0.1, 0.15) is 23.8 Å². The summed E-state index contributed by atoms with van der Waals surface area (Å²) in [6.07, 6.45) is 2.18. The van der Waals surface area contributed by atoms with Crippen molar-refractivity contribution in [3.63, 3.8) is 0 Å². The van der Waals surface area contributed by atoms with E-state index < -0.39 is 5.82 Å². The molecule has 0 bridgehead atoms. The van der Waals surface area contributed by atoms with Gasteiger partial charge in [0, 0.05) is 0 Å². The summed E-state index contributed by atoms with van der Waals surface area (Å²) in [7, 11) is 0. The van der Waals surface area contributed by atoms with Crippen molar-refractivity contribution in [3.8, 4) is 0 Å². The van der Waals surface area contributed by atoms with Crippen molar-refractivity contribution in [2.24, 2.45) is 0 Å². The first-order valence-electron chi connectivity index (χ1n) is 9.02. The van der Waals surface area contributed by atoms with Crippen LogP contribution in [0.4, 0.5) is 10.1 Å². The summed E-state index contributed by atoms with van der Waals surface area (Å²) in [6.45, 7) is 2.23. The van der Waals surface area contributed by atoms with E-state index in [0.29, 0.717) is 18.2 Å². The predicted octanol–water partition coefficient (Wildman–Crippen LogP) is 3.49. The molecule has 27 heavy (non-hydrogen) atoms. The van der Waals surface area contributed by atoms with Crippen molar-refractivity contribution in [2.45, 2.75) is 18.8 Å². The Bertz CT molecular complexity index is 944. The van der Waals surface area contributed by atoms with Crippen LogP contribution in [0.15, 0.2) is 42.5 Å². The number of halogens is 2. The molecular weight excluding hydrogens is 385 g/mol. The molecule has 2 aromatic carbocycles. The number of hydrogen-bond donors (Lipinski definition) is 2. The Labute approximate surface area is 166 Å². The molecule has 0 radical (unpaired) electrons. The number of anilines is 1. The quantitative estimate of drug-likeness (QED) is 0.699. The molecule has 1 aliphatic heterocycles. The highest BCUT2D eigenvalue weighted by Gasteiger charge is 2.28. The van der Waals surface area contributed by atoms with Crippen LogP contribution >= 0.6 is 22.9 Å². The number of thiazole rings is 1. The number of likely N-dealkylation sites (tertiary alicyclic amines) is 1. The predicted molar refractivity (Wildman–Crippen MR) is 107 cm³/mol. The van der Waals surface area contributed by atoms with Gasteiger partial charge in [-0.1, -0.05) is 23.7 Å². The Morgan fingerprint density at radius 3 is 3.00 bits per heavy atom. The lowest BCUT2D eigenvalue weighted by Gasteiger charge is -2.28. The van der Waals surface area contributed by atoms with Gasteiger partial charge in [-0.25, -0.2) is 9.37 Å². The highest BCUT2D eigenvalue weighted by molar-refractivity contribution is 7.18. The van der Waals surface area contributed by atoms with Crippen LogP contribution in [0.2, 0.25) is 5.02 Å². The van der Waals surface area contributed by atoms with Crippen LogP contribution in [-0.2, 0) is 4.79 Å². The van der Waals surface area contributed by atoms with E-state index in [9.17, 15) is 9.18 Å². The van der Waals surface area contributed by atoms with Crippen molar-refractivity contribution < 1.29 is 14.1 Å². The van der Waals surface area contributed by atoms with Gasteiger partial charge in [-0.15, -0.1) is 11.3 Å². The fourth-order valence-electron chi connectivity index (χ4n) is 3.60. The van der Waals surface area contributed by atoms with Crippen molar-refractivity contribution in [2.75, 3.05) is 25.0 Å². The largest absolute Gasteiger partial charge is 0.327 e. The van der Waals surface area contributed by atoms with Crippen molar-refractivity contribution in [1.82, 2.24) is 4.98 Å². The number of aromatic nitrogens is 1. The minimum Gasteiger partial charge on any atom is -0.327 e. The summed E-state index contributed by atoms with van der Waals surface area (Å²) in [5.41, 5.74) is 1.50. The van der Waals surface area contributed by atoms with E-state index >= 15 is 0 Å². The Morgan fingerprint density at radius 1 is 1.33 bits per heavy atom. The van der Waals surface area contributed by atoms with Crippen LogP contribution in [0.5, 0.6) is 0 Å². The molecule has 1 saturated heterocycles. The van der Waals surface area contributed by atoms with Crippen LogP contribution in [0.25, 0.3) is 10.2 Å².